The van der Waals surface area contributed by atoms with Gasteiger partial charge in [-0.25, -0.2) is 9.78 Å². The standard InChI is InChI=1S/C33H27ClN4O5/c1-19-15-23(20(2)37(19)25-10-12-26(13-11-25)42-21(3)33(40)41-4)18-35-38-31(36-28-8-6-5-7-27(28)32(38)39)30-17-22-16-24(34)9-14-29(22)43-30/h5-18,21H,1-4H3/t21-/m0/s1. The highest BCUT2D eigenvalue weighted by Crippen LogP contribution is 2.29. The Balaban J connectivity index is 1.38. The van der Waals surface area contributed by atoms with E-state index < -0.39 is 12.1 Å². The molecule has 0 amide bonds. The highest BCUT2D eigenvalue weighted by Gasteiger charge is 2.18. The number of ether oxygens (including phenoxy) is 2. The van der Waals surface area contributed by atoms with Gasteiger partial charge in [0, 0.05) is 33.0 Å². The number of aryl methyl sites for hydroxylation is 1. The maximum Gasteiger partial charge on any atom is 0.346 e. The third kappa shape index (κ3) is 5.30. The highest BCUT2D eigenvalue weighted by molar-refractivity contribution is 6.31. The summed E-state index contributed by atoms with van der Waals surface area (Å²) in [5, 5.41) is 6.44. The first kappa shape index (κ1) is 28.0. The van der Waals surface area contributed by atoms with E-state index in [4.69, 9.17) is 30.5 Å². The zero-order valence-electron chi connectivity index (χ0n) is 23.9. The van der Waals surface area contributed by atoms with Gasteiger partial charge in [0.25, 0.3) is 5.56 Å². The Morgan fingerprint density at radius 1 is 1.05 bits per heavy atom. The Bertz CT molecular complexity index is 2090. The van der Waals surface area contributed by atoms with Crippen LogP contribution in [-0.2, 0) is 9.53 Å². The van der Waals surface area contributed by atoms with Crippen LogP contribution in [0.2, 0.25) is 5.02 Å². The molecule has 3 aromatic carbocycles. The Morgan fingerprint density at radius 2 is 1.81 bits per heavy atom. The number of aromatic nitrogens is 3. The predicted octanol–water partition coefficient (Wildman–Crippen LogP) is 6.69. The van der Waals surface area contributed by atoms with E-state index in [1.165, 1.54) is 11.8 Å². The van der Waals surface area contributed by atoms with Crippen LogP contribution in [0.1, 0.15) is 23.9 Å². The number of carbonyl (C=O) groups is 1. The number of hydrogen-bond donors (Lipinski definition) is 0. The van der Waals surface area contributed by atoms with Gasteiger partial charge in [-0.05, 0) is 87.5 Å². The molecule has 0 aliphatic rings. The minimum atomic E-state index is -0.719. The van der Waals surface area contributed by atoms with Crippen LogP contribution in [0.4, 0.5) is 0 Å². The van der Waals surface area contributed by atoms with E-state index in [9.17, 15) is 9.59 Å². The number of benzene rings is 3. The average Bonchev–Trinajstić information content (AvgIpc) is 3.55. The summed E-state index contributed by atoms with van der Waals surface area (Å²) >= 11 is 6.18. The van der Waals surface area contributed by atoms with Gasteiger partial charge in [0.15, 0.2) is 11.9 Å². The summed E-state index contributed by atoms with van der Waals surface area (Å²) in [6.45, 7) is 5.60. The molecule has 0 unspecified atom stereocenters. The van der Waals surface area contributed by atoms with E-state index >= 15 is 0 Å². The van der Waals surface area contributed by atoms with Crippen molar-refractivity contribution in [1.29, 1.82) is 0 Å². The molecule has 0 bridgehead atoms. The van der Waals surface area contributed by atoms with Crippen molar-refractivity contribution in [1.82, 2.24) is 14.2 Å². The minimum absolute atomic E-state index is 0.276. The topological polar surface area (TPSA) is 101 Å². The smallest absolute Gasteiger partial charge is 0.346 e. The molecule has 0 saturated carbocycles. The maximum atomic E-state index is 13.7. The van der Waals surface area contributed by atoms with Crippen LogP contribution < -0.4 is 10.3 Å². The second-order valence-electron chi connectivity index (χ2n) is 10.0. The third-order valence-electron chi connectivity index (χ3n) is 7.18. The summed E-state index contributed by atoms with van der Waals surface area (Å²) in [4.78, 5) is 30.1. The molecular formula is C33H27ClN4O5. The van der Waals surface area contributed by atoms with Crippen LogP contribution in [0, 0.1) is 13.8 Å². The molecule has 0 fully saturated rings. The molecular weight excluding hydrogens is 568 g/mol. The monoisotopic (exact) mass is 594 g/mol. The van der Waals surface area contributed by atoms with Gasteiger partial charge in [-0.15, -0.1) is 0 Å². The van der Waals surface area contributed by atoms with E-state index in [1.54, 1.807) is 67.7 Å². The Hall–Kier alpha value is -5.15. The summed E-state index contributed by atoms with van der Waals surface area (Å²) in [6, 6.07) is 23.7. The van der Waals surface area contributed by atoms with Crippen molar-refractivity contribution in [3.05, 3.63) is 111 Å². The third-order valence-corrected chi connectivity index (χ3v) is 7.41. The van der Waals surface area contributed by atoms with E-state index in [-0.39, 0.29) is 11.4 Å². The zero-order chi connectivity index (χ0) is 30.2. The van der Waals surface area contributed by atoms with Gasteiger partial charge in [0.1, 0.15) is 11.3 Å². The molecule has 0 radical (unpaired) electrons. The molecule has 6 aromatic rings. The van der Waals surface area contributed by atoms with Crippen LogP contribution in [0.15, 0.2) is 93.2 Å². The Morgan fingerprint density at radius 3 is 2.58 bits per heavy atom. The van der Waals surface area contributed by atoms with Gasteiger partial charge < -0.3 is 18.5 Å². The van der Waals surface area contributed by atoms with Gasteiger partial charge in [0.2, 0.25) is 5.82 Å². The summed E-state index contributed by atoms with van der Waals surface area (Å²) in [7, 11) is 1.33. The molecule has 6 rings (SSSR count). The molecule has 3 heterocycles. The molecule has 3 aromatic heterocycles. The Kier molecular flexibility index (Phi) is 7.33. The van der Waals surface area contributed by atoms with Gasteiger partial charge in [-0.3, -0.25) is 4.79 Å². The maximum absolute atomic E-state index is 13.7. The molecule has 0 aliphatic carbocycles. The molecule has 1 atom stereocenters. The van der Waals surface area contributed by atoms with E-state index in [1.807, 2.05) is 38.1 Å². The molecule has 216 valence electrons. The summed E-state index contributed by atoms with van der Waals surface area (Å²) in [6.07, 6.45) is 0.930. The predicted molar refractivity (Wildman–Crippen MR) is 167 cm³/mol. The fourth-order valence-electron chi connectivity index (χ4n) is 5.04. The zero-order valence-corrected chi connectivity index (χ0v) is 24.6. The van der Waals surface area contributed by atoms with Gasteiger partial charge >= 0.3 is 5.97 Å². The number of hydrogen-bond acceptors (Lipinski definition) is 7. The molecule has 0 saturated heterocycles. The van der Waals surface area contributed by atoms with Crippen LogP contribution in [0.5, 0.6) is 5.75 Å². The van der Waals surface area contributed by atoms with Gasteiger partial charge in [0.05, 0.1) is 24.2 Å². The normalized spacial score (nSPS) is 12.3. The summed E-state index contributed by atoms with van der Waals surface area (Å²) in [5.41, 5.74) is 4.45. The van der Waals surface area contributed by atoms with Crippen molar-refractivity contribution >= 4 is 45.7 Å². The van der Waals surface area contributed by atoms with Crippen LogP contribution in [0.3, 0.4) is 0 Å². The van der Waals surface area contributed by atoms with Gasteiger partial charge in [-0.1, -0.05) is 23.7 Å². The quantitative estimate of drug-likeness (QED) is 0.151. The van der Waals surface area contributed by atoms with Crippen LogP contribution in [-0.4, -0.2) is 39.6 Å². The SMILES string of the molecule is COC(=O)[C@H](C)Oc1ccc(-n2c(C)cc(C=Nn3c(-c4cc5cc(Cl)ccc5o4)nc4ccccc4c3=O)c2C)cc1. The number of rotatable bonds is 7. The van der Waals surface area contributed by atoms with Crippen LogP contribution >= 0.6 is 11.6 Å². The fraction of sp³-hybridized carbons (Fsp3) is 0.152. The van der Waals surface area contributed by atoms with E-state index in [2.05, 4.69) is 9.67 Å². The van der Waals surface area contributed by atoms with Crippen molar-refractivity contribution in [2.75, 3.05) is 7.11 Å². The van der Waals surface area contributed by atoms with Crippen LogP contribution in [0.25, 0.3) is 39.1 Å². The van der Waals surface area contributed by atoms with E-state index in [0.717, 1.165) is 28.0 Å². The van der Waals surface area contributed by atoms with Crippen molar-refractivity contribution in [2.45, 2.75) is 26.9 Å². The van der Waals surface area contributed by atoms with Crippen molar-refractivity contribution in [2.24, 2.45) is 5.10 Å². The lowest BCUT2D eigenvalue weighted by Gasteiger charge is -2.14. The van der Waals surface area contributed by atoms with Gasteiger partial charge in [-0.2, -0.15) is 9.78 Å². The number of furan rings is 1. The first-order chi connectivity index (χ1) is 20.7. The van der Waals surface area contributed by atoms with Crippen molar-refractivity contribution in [3.63, 3.8) is 0 Å². The highest BCUT2D eigenvalue weighted by atomic mass is 35.5. The molecule has 10 heteroatoms. The molecule has 43 heavy (non-hydrogen) atoms. The number of nitrogens with zero attached hydrogens (tertiary/aromatic N) is 4. The number of carbonyl (C=O) groups excluding carboxylic acids is 1. The lowest BCUT2D eigenvalue weighted by atomic mass is 10.2. The lowest BCUT2D eigenvalue weighted by molar-refractivity contribution is -0.147. The molecule has 0 aliphatic heterocycles. The number of para-hydroxylation sites is 1. The number of halogens is 1. The summed E-state index contributed by atoms with van der Waals surface area (Å²) < 4.78 is 19.8. The Labute approximate surface area is 251 Å². The fourth-order valence-corrected chi connectivity index (χ4v) is 5.22. The van der Waals surface area contributed by atoms with Crippen molar-refractivity contribution in [3.8, 4) is 23.0 Å². The minimum Gasteiger partial charge on any atom is -0.479 e. The lowest BCUT2D eigenvalue weighted by Crippen LogP contribution is -2.24. The first-order valence-corrected chi connectivity index (χ1v) is 13.9. The molecule has 0 N–H and O–H groups in total. The van der Waals surface area contributed by atoms with E-state index in [0.29, 0.717) is 33.0 Å². The summed E-state index contributed by atoms with van der Waals surface area (Å²) in [5.74, 6) is 0.776. The molecule has 0 spiro atoms. The average molecular weight is 595 g/mol. The number of fused-ring (bicyclic) bond motifs is 2. The number of methoxy groups -OCH3 is 1. The second kappa shape index (κ2) is 11.3. The second-order valence-corrected chi connectivity index (χ2v) is 10.5. The largest absolute Gasteiger partial charge is 0.479 e. The number of esters is 1. The van der Waals surface area contributed by atoms with Crippen molar-refractivity contribution < 1.29 is 18.7 Å². The first-order valence-electron chi connectivity index (χ1n) is 13.5. The molecule has 9 nitrogen and oxygen atoms in total.